The summed E-state index contributed by atoms with van der Waals surface area (Å²) in [6, 6.07) is 15.3. The van der Waals surface area contributed by atoms with E-state index in [2.05, 4.69) is 26.1 Å². The van der Waals surface area contributed by atoms with Crippen LogP contribution in [0.3, 0.4) is 0 Å². The number of benzene rings is 2. The van der Waals surface area contributed by atoms with Crippen LogP contribution in [0.5, 0.6) is 17.2 Å². The molecule has 1 N–H and O–H groups in total. The van der Waals surface area contributed by atoms with E-state index >= 15 is 0 Å². The van der Waals surface area contributed by atoms with Crippen molar-refractivity contribution in [3.8, 4) is 17.2 Å². The van der Waals surface area contributed by atoms with Gasteiger partial charge < -0.3 is 14.8 Å². The largest absolute Gasteiger partial charge is 0.493 e. The van der Waals surface area contributed by atoms with Gasteiger partial charge in [-0.1, -0.05) is 39.3 Å². The number of rotatable bonds is 7. The van der Waals surface area contributed by atoms with Crippen LogP contribution in [0.25, 0.3) is 0 Å². The van der Waals surface area contributed by atoms with E-state index in [0.717, 1.165) is 36.3 Å². The van der Waals surface area contributed by atoms with Gasteiger partial charge >= 0.3 is 0 Å². The van der Waals surface area contributed by atoms with Crippen LogP contribution in [0.2, 0.25) is 0 Å². The molecule has 4 nitrogen and oxygen atoms in total. The zero-order valence-electron chi connectivity index (χ0n) is 17.8. The average Bonchev–Trinajstić information content (AvgIpc) is 2.74. The van der Waals surface area contributed by atoms with Gasteiger partial charge in [0.05, 0.1) is 7.11 Å². The molecule has 29 heavy (non-hydrogen) atoms. The first-order valence-corrected chi connectivity index (χ1v) is 10.3. The number of Topliss-reactive ketones (excluding diaryl/α,β-unsaturated/α-hetero) is 1. The lowest BCUT2D eigenvalue weighted by atomic mass is 9.68. The molecule has 0 amide bonds. The molecule has 2 aromatic carbocycles. The number of allylic oxidation sites excluding steroid dienone is 1. The molecular formula is C25H31NO3. The maximum Gasteiger partial charge on any atom is 0.169 e. The fraction of sp³-hybridized carbons (Fsp3) is 0.400. The lowest BCUT2D eigenvalue weighted by Crippen LogP contribution is -2.29. The van der Waals surface area contributed by atoms with Crippen LogP contribution in [0.15, 0.2) is 60.3 Å². The number of methoxy groups -OCH3 is 1. The quantitative estimate of drug-likeness (QED) is 0.539. The Labute approximate surface area is 173 Å². The fourth-order valence-electron chi connectivity index (χ4n) is 3.66. The van der Waals surface area contributed by atoms with Crippen LogP contribution in [-0.4, -0.2) is 12.9 Å². The predicted molar refractivity (Wildman–Crippen MR) is 118 cm³/mol. The van der Waals surface area contributed by atoms with Gasteiger partial charge in [-0.25, -0.2) is 0 Å². The van der Waals surface area contributed by atoms with E-state index < -0.39 is 0 Å². The van der Waals surface area contributed by atoms with E-state index in [1.54, 1.807) is 7.11 Å². The molecule has 0 spiro atoms. The van der Waals surface area contributed by atoms with Gasteiger partial charge in [-0.2, -0.15) is 0 Å². The number of hydrogen-bond acceptors (Lipinski definition) is 4. The summed E-state index contributed by atoms with van der Waals surface area (Å²) >= 11 is 0. The Morgan fingerprint density at radius 3 is 2.45 bits per heavy atom. The lowest BCUT2D eigenvalue weighted by molar-refractivity contribution is -0.117. The summed E-state index contributed by atoms with van der Waals surface area (Å²) in [5.74, 6) is 2.91. The second-order valence-corrected chi connectivity index (χ2v) is 8.30. The lowest BCUT2D eigenvalue weighted by Gasteiger charge is -2.36. The molecule has 0 bridgehead atoms. The first kappa shape index (κ1) is 21.0. The van der Waals surface area contributed by atoms with Crippen molar-refractivity contribution in [3.63, 3.8) is 0 Å². The van der Waals surface area contributed by atoms with Gasteiger partial charge in [0.1, 0.15) is 5.75 Å². The third kappa shape index (κ3) is 5.20. The summed E-state index contributed by atoms with van der Waals surface area (Å²) in [7, 11) is 1.63. The minimum Gasteiger partial charge on any atom is -0.493 e. The van der Waals surface area contributed by atoms with E-state index in [1.165, 1.54) is 0 Å². The molecule has 154 valence electrons. The van der Waals surface area contributed by atoms with Gasteiger partial charge in [0.15, 0.2) is 17.3 Å². The number of ketones is 1. The summed E-state index contributed by atoms with van der Waals surface area (Å²) in [6.45, 7) is 6.84. The third-order valence-electron chi connectivity index (χ3n) is 6.12. The number of anilines is 1. The van der Waals surface area contributed by atoms with Crippen molar-refractivity contribution in [3.05, 3.63) is 60.3 Å². The maximum absolute atomic E-state index is 12.4. The predicted octanol–water partition coefficient (Wildman–Crippen LogP) is 6.59. The van der Waals surface area contributed by atoms with Crippen molar-refractivity contribution >= 4 is 11.5 Å². The van der Waals surface area contributed by atoms with E-state index in [4.69, 9.17) is 9.47 Å². The molecule has 1 fully saturated rings. The van der Waals surface area contributed by atoms with Crippen LogP contribution < -0.4 is 14.8 Å². The van der Waals surface area contributed by atoms with E-state index in [0.29, 0.717) is 23.8 Å². The first-order chi connectivity index (χ1) is 13.9. The molecule has 2 aromatic rings. The number of hydrogen-bond donors (Lipinski definition) is 1. The molecule has 3 rings (SSSR count). The minimum atomic E-state index is 0.261. The van der Waals surface area contributed by atoms with Gasteiger partial charge in [0, 0.05) is 23.9 Å². The van der Waals surface area contributed by atoms with Crippen molar-refractivity contribution in [2.24, 2.45) is 11.3 Å². The van der Waals surface area contributed by atoms with Gasteiger partial charge in [0.25, 0.3) is 0 Å². The average molecular weight is 394 g/mol. The highest BCUT2D eigenvalue weighted by Gasteiger charge is 2.33. The number of carbonyl (C=O) groups excluding carboxylic acids is 1. The molecule has 1 aliphatic rings. The SMILES string of the molecule is CCC(C)(C)[C@H]1CCC(=O)/C(=C/Nc2ccc(Oc3ccccc3OC)cc2)C1. The molecule has 0 aromatic heterocycles. The summed E-state index contributed by atoms with van der Waals surface area (Å²) in [4.78, 5) is 12.4. The van der Waals surface area contributed by atoms with Crippen molar-refractivity contribution in [2.45, 2.75) is 46.5 Å². The molecule has 0 saturated heterocycles. The molecule has 1 aliphatic carbocycles. The molecule has 4 heteroatoms. The van der Waals surface area contributed by atoms with Crippen molar-refractivity contribution in [1.29, 1.82) is 0 Å². The zero-order chi connectivity index (χ0) is 20.9. The van der Waals surface area contributed by atoms with Crippen LogP contribution in [0.4, 0.5) is 5.69 Å². The Morgan fingerprint density at radius 1 is 1.10 bits per heavy atom. The maximum atomic E-state index is 12.4. The number of carbonyl (C=O) groups is 1. The Balaban J connectivity index is 1.65. The van der Waals surface area contributed by atoms with E-state index in [-0.39, 0.29) is 11.2 Å². The molecule has 0 aliphatic heterocycles. The Bertz CT molecular complexity index is 868. The Morgan fingerprint density at radius 2 is 1.79 bits per heavy atom. The van der Waals surface area contributed by atoms with Crippen molar-refractivity contribution in [2.75, 3.05) is 12.4 Å². The van der Waals surface area contributed by atoms with Gasteiger partial charge in [-0.3, -0.25) is 4.79 Å². The molecular weight excluding hydrogens is 362 g/mol. The van der Waals surface area contributed by atoms with Crippen molar-refractivity contribution < 1.29 is 14.3 Å². The van der Waals surface area contributed by atoms with Gasteiger partial charge in [-0.15, -0.1) is 0 Å². The number of ether oxygens (including phenoxy) is 2. The summed E-state index contributed by atoms with van der Waals surface area (Å²) in [5, 5.41) is 3.29. The minimum absolute atomic E-state index is 0.261. The van der Waals surface area contributed by atoms with Gasteiger partial charge in [-0.05, 0) is 60.6 Å². The molecule has 1 saturated carbocycles. The first-order valence-electron chi connectivity index (χ1n) is 10.3. The normalized spacial score (nSPS) is 18.6. The van der Waals surface area contributed by atoms with Crippen LogP contribution in [0.1, 0.15) is 46.5 Å². The topological polar surface area (TPSA) is 47.6 Å². The highest BCUT2D eigenvalue weighted by molar-refractivity contribution is 5.96. The summed E-state index contributed by atoms with van der Waals surface area (Å²) < 4.78 is 11.2. The molecule has 0 radical (unpaired) electrons. The zero-order valence-corrected chi connectivity index (χ0v) is 17.8. The van der Waals surface area contributed by atoms with Crippen LogP contribution >= 0.6 is 0 Å². The van der Waals surface area contributed by atoms with Crippen molar-refractivity contribution in [1.82, 2.24) is 0 Å². The third-order valence-corrected chi connectivity index (χ3v) is 6.12. The second kappa shape index (κ2) is 9.17. The highest BCUT2D eigenvalue weighted by Crippen LogP contribution is 2.41. The molecule has 0 unspecified atom stereocenters. The standard InChI is InChI=1S/C25H31NO3/c1-5-25(2,3)19-10-15-22(27)18(16-19)17-26-20-11-13-21(14-12-20)29-24-9-7-6-8-23(24)28-4/h6-9,11-14,17,19,26H,5,10,15-16H2,1-4H3/b18-17+/t19-/m0/s1. The second-order valence-electron chi connectivity index (χ2n) is 8.30. The highest BCUT2D eigenvalue weighted by atomic mass is 16.5. The summed E-state index contributed by atoms with van der Waals surface area (Å²) in [6.07, 6.45) is 5.50. The Kier molecular flexibility index (Phi) is 6.63. The number of para-hydroxylation sites is 2. The fourth-order valence-corrected chi connectivity index (χ4v) is 3.66. The number of nitrogens with one attached hydrogen (secondary N) is 1. The molecule has 1 atom stereocenters. The van der Waals surface area contributed by atoms with Crippen LogP contribution in [-0.2, 0) is 4.79 Å². The Hall–Kier alpha value is -2.75. The molecule has 0 heterocycles. The van der Waals surface area contributed by atoms with E-state index in [1.807, 2.05) is 54.7 Å². The van der Waals surface area contributed by atoms with Gasteiger partial charge in [0.2, 0.25) is 0 Å². The van der Waals surface area contributed by atoms with Crippen LogP contribution in [0, 0.1) is 11.3 Å². The smallest absolute Gasteiger partial charge is 0.169 e. The van der Waals surface area contributed by atoms with E-state index in [9.17, 15) is 4.79 Å². The summed E-state index contributed by atoms with van der Waals surface area (Å²) in [5.41, 5.74) is 2.09. The monoisotopic (exact) mass is 393 g/mol.